The van der Waals surface area contributed by atoms with Crippen molar-refractivity contribution in [3.63, 3.8) is 0 Å². The van der Waals surface area contributed by atoms with E-state index in [2.05, 4.69) is 10.3 Å². The Bertz CT molecular complexity index is 295. The number of rotatable bonds is 3. The predicted molar refractivity (Wildman–Crippen MR) is 45.3 cm³/mol. The van der Waals surface area contributed by atoms with E-state index in [-0.39, 0.29) is 18.5 Å². The SMILES string of the molecule is Cc1cnc(C(=O)NC(C)CO)o1. The Morgan fingerprint density at radius 1 is 1.85 bits per heavy atom. The van der Waals surface area contributed by atoms with Crippen LogP contribution in [0.1, 0.15) is 23.4 Å². The molecule has 0 aromatic carbocycles. The second-order valence-corrected chi connectivity index (χ2v) is 2.83. The van der Waals surface area contributed by atoms with E-state index in [1.165, 1.54) is 6.20 Å². The topological polar surface area (TPSA) is 75.4 Å². The first-order valence-electron chi connectivity index (χ1n) is 3.97. The number of nitrogens with zero attached hydrogens (tertiary/aromatic N) is 1. The maximum absolute atomic E-state index is 11.2. The lowest BCUT2D eigenvalue weighted by molar-refractivity contribution is 0.0886. The van der Waals surface area contributed by atoms with Crippen LogP contribution in [0.2, 0.25) is 0 Å². The number of aromatic nitrogens is 1. The number of hydrogen-bond donors (Lipinski definition) is 2. The quantitative estimate of drug-likeness (QED) is 0.698. The Morgan fingerprint density at radius 2 is 2.54 bits per heavy atom. The fraction of sp³-hybridized carbons (Fsp3) is 0.500. The van der Waals surface area contributed by atoms with Gasteiger partial charge < -0.3 is 14.8 Å². The van der Waals surface area contributed by atoms with Crippen molar-refractivity contribution in [1.82, 2.24) is 10.3 Å². The molecule has 1 unspecified atom stereocenters. The monoisotopic (exact) mass is 184 g/mol. The second-order valence-electron chi connectivity index (χ2n) is 2.83. The van der Waals surface area contributed by atoms with Gasteiger partial charge in [-0.3, -0.25) is 4.79 Å². The van der Waals surface area contributed by atoms with Crippen molar-refractivity contribution in [2.24, 2.45) is 0 Å². The number of aliphatic hydroxyl groups is 1. The van der Waals surface area contributed by atoms with E-state index >= 15 is 0 Å². The predicted octanol–water partition coefficient (Wildman–Crippen LogP) is 0.0936. The number of carbonyl (C=O) groups is 1. The first kappa shape index (κ1) is 9.73. The van der Waals surface area contributed by atoms with E-state index in [4.69, 9.17) is 9.52 Å². The number of nitrogens with one attached hydrogen (secondary N) is 1. The van der Waals surface area contributed by atoms with E-state index in [1.807, 2.05) is 0 Å². The third kappa shape index (κ3) is 2.55. The highest BCUT2D eigenvalue weighted by Gasteiger charge is 2.13. The zero-order valence-corrected chi connectivity index (χ0v) is 7.57. The molecule has 13 heavy (non-hydrogen) atoms. The van der Waals surface area contributed by atoms with Gasteiger partial charge in [0, 0.05) is 6.04 Å². The first-order valence-corrected chi connectivity index (χ1v) is 3.97. The van der Waals surface area contributed by atoms with Crippen molar-refractivity contribution < 1.29 is 14.3 Å². The Hall–Kier alpha value is -1.36. The Kier molecular flexibility index (Phi) is 3.02. The molecular weight excluding hydrogens is 172 g/mol. The first-order chi connectivity index (χ1) is 6.13. The van der Waals surface area contributed by atoms with Crippen LogP contribution >= 0.6 is 0 Å². The van der Waals surface area contributed by atoms with Crippen LogP contribution in [0, 0.1) is 6.92 Å². The number of amides is 1. The minimum atomic E-state index is -0.408. The number of oxazole rings is 1. The van der Waals surface area contributed by atoms with Crippen LogP contribution in [0.25, 0.3) is 0 Å². The van der Waals surface area contributed by atoms with Gasteiger partial charge in [0.05, 0.1) is 12.8 Å². The van der Waals surface area contributed by atoms with Gasteiger partial charge in [0.15, 0.2) is 0 Å². The van der Waals surface area contributed by atoms with E-state index in [1.54, 1.807) is 13.8 Å². The summed E-state index contributed by atoms with van der Waals surface area (Å²) in [6.07, 6.45) is 1.47. The molecule has 0 saturated heterocycles. The molecular formula is C8H12N2O3. The van der Waals surface area contributed by atoms with Crippen molar-refractivity contribution >= 4 is 5.91 Å². The molecule has 1 aromatic heterocycles. The zero-order chi connectivity index (χ0) is 9.84. The molecule has 5 heteroatoms. The third-order valence-corrected chi connectivity index (χ3v) is 1.47. The molecule has 0 aliphatic carbocycles. The normalized spacial score (nSPS) is 12.5. The Balaban J connectivity index is 2.58. The van der Waals surface area contributed by atoms with Gasteiger partial charge in [0.25, 0.3) is 5.89 Å². The summed E-state index contributed by atoms with van der Waals surface area (Å²) in [7, 11) is 0. The fourth-order valence-corrected chi connectivity index (χ4v) is 0.791. The number of aliphatic hydroxyl groups excluding tert-OH is 1. The highest BCUT2D eigenvalue weighted by atomic mass is 16.4. The van der Waals surface area contributed by atoms with Gasteiger partial charge in [-0.05, 0) is 13.8 Å². The lowest BCUT2D eigenvalue weighted by atomic mass is 10.3. The molecule has 0 saturated carbocycles. The van der Waals surface area contributed by atoms with E-state index in [0.717, 1.165) is 0 Å². The van der Waals surface area contributed by atoms with Gasteiger partial charge in [-0.2, -0.15) is 0 Å². The largest absolute Gasteiger partial charge is 0.438 e. The van der Waals surface area contributed by atoms with Crippen LogP contribution in [0.4, 0.5) is 0 Å². The van der Waals surface area contributed by atoms with Gasteiger partial charge in [0.2, 0.25) is 0 Å². The molecule has 1 heterocycles. The summed E-state index contributed by atoms with van der Waals surface area (Å²) < 4.78 is 4.99. The molecule has 0 radical (unpaired) electrons. The number of hydrogen-bond acceptors (Lipinski definition) is 4. The van der Waals surface area contributed by atoms with Gasteiger partial charge in [-0.15, -0.1) is 0 Å². The standard InChI is InChI=1S/C8H12N2O3/c1-5(4-11)10-7(12)8-9-3-6(2)13-8/h3,5,11H,4H2,1-2H3,(H,10,12). The smallest absolute Gasteiger partial charge is 0.307 e. The van der Waals surface area contributed by atoms with Gasteiger partial charge in [0.1, 0.15) is 5.76 Å². The van der Waals surface area contributed by atoms with Crippen LogP contribution in [0.5, 0.6) is 0 Å². The Morgan fingerprint density at radius 3 is 3.00 bits per heavy atom. The summed E-state index contributed by atoms with van der Waals surface area (Å²) in [6, 6.07) is -0.292. The molecule has 2 N–H and O–H groups in total. The molecule has 0 aliphatic heterocycles. The van der Waals surface area contributed by atoms with Crippen molar-refractivity contribution in [3.05, 3.63) is 17.8 Å². The van der Waals surface area contributed by atoms with Crippen LogP contribution in [-0.4, -0.2) is 28.6 Å². The zero-order valence-electron chi connectivity index (χ0n) is 7.57. The van der Waals surface area contributed by atoms with Crippen molar-refractivity contribution in [2.75, 3.05) is 6.61 Å². The summed E-state index contributed by atoms with van der Waals surface area (Å²) in [6.45, 7) is 3.29. The van der Waals surface area contributed by atoms with E-state index < -0.39 is 5.91 Å². The summed E-state index contributed by atoms with van der Waals surface area (Å²) in [5.41, 5.74) is 0. The lowest BCUT2D eigenvalue weighted by Crippen LogP contribution is -2.35. The Labute approximate surface area is 75.8 Å². The summed E-state index contributed by atoms with van der Waals surface area (Å²) in [5, 5.41) is 11.2. The fourth-order valence-electron chi connectivity index (χ4n) is 0.791. The highest BCUT2D eigenvalue weighted by Crippen LogP contribution is 2.01. The summed E-state index contributed by atoms with van der Waals surface area (Å²) >= 11 is 0. The van der Waals surface area contributed by atoms with E-state index in [0.29, 0.717) is 5.76 Å². The molecule has 1 amide bonds. The average molecular weight is 184 g/mol. The molecule has 72 valence electrons. The lowest BCUT2D eigenvalue weighted by Gasteiger charge is -2.07. The summed E-state index contributed by atoms with van der Waals surface area (Å²) in [4.78, 5) is 15.0. The minimum Gasteiger partial charge on any atom is -0.438 e. The van der Waals surface area contributed by atoms with E-state index in [9.17, 15) is 4.79 Å². The molecule has 1 aromatic rings. The average Bonchev–Trinajstić information content (AvgIpc) is 2.51. The maximum atomic E-state index is 11.2. The number of carbonyl (C=O) groups excluding carboxylic acids is 1. The molecule has 0 bridgehead atoms. The van der Waals surface area contributed by atoms with Gasteiger partial charge in [-0.1, -0.05) is 0 Å². The van der Waals surface area contributed by atoms with Crippen molar-refractivity contribution in [3.8, 4) is 0 Å². The van der Waals surface area contributed by atoms with Crippen LogP contribution < -0.4 is 5.32 Å². The van der Waals surface area contributed by atoms with Crippen LogP contribution in [0.15, 0.2) is 10.6 Å². The van der Waals surface area contributed by atoms with Crippen LogP contribution in [0.3, 0.4) is 0 Å². The molecule has 1 rings (SSSR count). The second kappa shape index (κ2) is 4.04. The number of aryl methyl sites for hydroxylation is 1. The van der Waals surface area contributed by atoms with Gasteiger partial charge in [-0.25, -0.2) is 4.98 Å². The van der Waals surface area contributed by atoms with Crippen molar-refractivity contribution in [1.29, 1.82) is 0 Å². The molecule has 1 atom stereocenters. The van der Waals surface area contributed by atoms with Gasteiger partial charge >= 0.3 is 5.91 Å². The third-order valence-electron chi connectivity index (χ3n) is 1.47. The molecule has 0 aliphatic rings. The minimum absolute atomic E-state index is 0.0257. The molecule has 5 nitrogen and oxygen atoms in total. The molecule has 0 fully saturated rings. The summed E-state index contributed by atoms with van der Waals surface area (Å²) in [5.74, 6) is 0.203. The maximum Gasteiger partial charge on any atom is 0.307 e. The van der Waals surface area contributed by atoms with Crippen LogP contribution in [-0.2, 0) is 0 Å². The van der Waals surface area contributed by atoms with Crippen molar-refractivity contribution in [2.45, 2.75) is 19.9 Å². The highest BCUT2D eigenvalue weighted by molar-refractivity contribution is 5.89. The molecule has 0 spiro atoms.